The molecule has 1 heterocycles. The summed E-state index contributed by atoms with van der Waals surface area (Å²) in [5, 5.41) is 7.25. The maximum absolute atomic E-state index is 13.5. The Balaban J connectivity index is 2.69. The van der Waals surface area contributed by atoms with Gasteiger partial charge in [-0.05, 0) is 28.1 Å². The SMILES string of the molecule is Nc1nnc(-c2c(F)cccc2Br)n1N. The maximum Gasteiger partial charge on any atom is 0.241 e. The van der Waals surface area contributed by atoms with Crippen molar-refractivity contribution in [1.29, 1.82) is 0 Å². The average Bonchev–Trinajstić information content (AvgIpc) is 2.49. The summed E-state index contributed by atoms with van der Waals surface area (Å²) in [5.41, 5.74) is 5.64. The molecule has 78 valence electrons. The van der Waals surface area contributed by atoms with Gasteiger partial charge in [0.15, 0.2) is 5.82 Å². The predicted octanol–water partition coefficient (Wildman–Crippen LogP) is 1.14. The second-order valence-corrected chi connectivity index (χ2v) is 3.70. The van der Waals surface area contributed by atoms with E-state index in [1.165, 1.54) is 6.07 Å². The third-order valence-electron chi connectivity index (χ3n) is 1.91. The average molecular weight is 272 g/mol. The van der Waals surface area contributed by atoms with Crippen LogP contribution < -0.4 is 11.6 Å². The van der Waals surface area contributed by atoms with Gasteiger partial charge >= 0.3 is 0 Å². The predicted molar refractivity (Wildman–Crippen MR) is 57.7 cm³/mol. The van der Waals surface area contributed by atoms with Crippen LogP contribution in [0.3, 0.4) is 0 Å². The summed E-state index contributed by atoms with van der Waals surface area (Å²) in [6.07, 6.45) is 0. The van der Waals surface area contributed by atoms with E-state index in [-0.39, 0.29) is 17.3 Å². The minimum Gasteiger partial charge on any atom is -0.366 e. The van der Waals surface area contributed by atoms with Crippen LogP contribution in [0.1, 0.15) is 0 Å². The van der Waals surface area contributed by atoms with Gasteiger partial charge in [-0.1, -0.05) is 6.07 Å². The molecule has 2 rings (SSSR count). The van der Waals surface area contributed by atoms with Crippen molar-refractivity contribution in [3.05, 3.63) is 28.5 Å². The Hall–Kier alpha value is -1.63. The van der Waals surface area contributed by atoms with Crippen LogP contribution in [0.5, 0.6) is 0 Å². The highest BCUT2D eigenvalue weighted by molar-refractivity contribution is 9.10. The van der Waals surface area contributed by atoms with Crippen molar-refractivity contribution >= 4 is 21.9 Å². The Labute approximate surface area is 93.0 Å². The van der Waals surface area contributed by atoms with E-state index in [1.54, 1.807) is 12.1 Å². The molecule has 0 aliphatic carbocycles. The van der Waals surface area contributed by atoms with Gasteiger partial charge in [0.05, 0.1) is 5.56 Å². The Bertz CT molecular complexity index is 489. The summed E-state index contributed by atoms with van der Waals surface area (Å²) in [6.45, 7) is 0. The van der Waals surface area contributed by atoms with Gasteiger partial charge in [-0.25, -0.2) is 9.07 Å². The molecule has 1 aromatic heterocycles. The molecule has 0 unspecified atom stereocenters. The molecule has 2 aromatic rings. The molecule has 0 fully saturated rings. The molecular formula is C8H7BrFN5. The fourth-order valence-electron chi connectivity index (χ4n) is 1.19. The largest absolute Gasteiger partial charge is 0.366 e. The topological polar surface area (TPSA) is 82.8 Å². The van der Waals surface area contributed by atoms with Gasteiger partial charge in [-0.3, -0.25) is 0 Å². The third-order valence-corrected chi connectivity index (χ3v) is 2.57. The number of benzene rings is 1. The summed E-state index contributed by atoms with van der Waals surface area (Å²) in [4.78, 5) is 0. The van der Waals surface area contributed by atoms with Crippen molar-refractivity contribution in [1.82, 2.24) is 14.9 Å². The molecule has 1 aromatic carbocycles. The first-order valence-corrected chi connectivity index (χ1v) is 4.81. The molecule has 0 saturated carbocycles. The fraction of sp³-hybridized carbons (Fsp3) is 0. The minimum absolute atomic E-state index is 0.0279. The van der Waals surface area contributed by atoms with Crippen molar-refractivity contribution in [2.45, 2.75) is 0 Å². The monoisotopic (exact) mass is 271 g/mol. The summed E-state index contributed by atoms with van der Waals surface area (Å²) >= 11 is 3.21. The molecule has 7 heteroatoms. The summed E-state index contributed by atoms with van der Waals surface area (Å²) in [7, 11) is 0. The highest BCUT2D eigenvalue weighted by Gasteiger charge is 2.16. The molecule has 0 aliphatic rings. The number of anilines is 1. The third kappa shape index (κ3) is 1.54. The highest BCUT2D eigenvalue weighted by Crippen LogP contribution is 2.29. The van der Waals surface area contributed by atoms with E-state index >= 15 is 0 Å². The molecule has 15 heavy (non-hydrogen) atoms. The Morgan fingerprint density at radius 3 is 2.60 bits per heavy atom. The van der Waals surface area contributed by atoms with Crippen LogP contribution >= 0.6 is 15.9 Å². The van der Waals surface area contributed by atoms with Crippen molar-refractivity contribution in [3.8, 4) is 11.4 Å². The zero-order valence-electron chi connectivity index (χ0n) is 7.48. The molecular weight excluding hydrogens is 265 g/mol. The number of nitrogens with two attached hydrogens (primary N) is 2. The van der Waals surface area contributed by atoms with Crippen molar-refractivity contribution in [3.63, 3.8) is 0 Å². The number of nitrogens with zero attached hydrogens (tertiary/aromatic N) is 3. The van der Waals surface area contributed by atoms with E-state index < -0.39 is 5.82 Å². The first-order chi connectivity index (χ1) is 7.11. The zero-order chi connectivity index (χ0) is 11.0. The number of hydrogen-bond donors (Lipinski definition) is 2. The van der Waals surface area contributed by atoms with Crippen LogP contribution in [-0.4, -0.2) is 14.9 Å². The van der Waals surface area contributed by atoms with Crippen LogP contribution in [0.15, 0.2) is 22.7 Å². The molecule has 0 bridgehead atoms. The zero-order valence-corrected chi connectivity index (χ0v) is 9.07. The summed E-state index contributed by atoms with van der Waals surface area (Å²) < 4.78 is 15.1. The second-order valence-electron chi connectivity index (χ2n) is 2.85. The molecule has 0 saturated heterocycles. The Kier molecular flexibility index (Phi) is 2.31. The van der Waals surface area contributed by atoms with Gasteiger partial charge in [-0.2, -0.15) is 0 Å². The van der Waals surface area contributed by atoms with E-state index in [9.17, 15) is 4.39 Å². The molecule has 0 aliphatic heterocycles. The lowest BCUT2D eigenvalue weighted by molar-refractivity contribution is 0.628. The number of rotatable bonds is 1. The molecule has 0 atom stereocenters. The standard InChI is InChI=1S/C8H7BrFN5/c9-4-2-1-3-5(10)6(4)7-13-14-8(11)15(7)12/h1-3H,12H2,(H2,11,14). The number of aromatic nitrogens is 3. The van der Waals surface area contributed by atoms with Gasteiger partial charge < -0.3 is 11.6 Å². The summed E-state index contributed by atoms with van der Waals surface area (Å²) in [6, 6.07) is 4.57. The van der Waals surface area contributed by atoms with Crippen LogP contribution in [0.25, 0.3) is 11.4 Å². The maximum atomic E-state index is 13.5. The minimum atomic E-state index is -0.441. The van der Waals surface area contributed by atoms with E-state index in [4.69, 9.17) is 11.6 Å². The van der Waals surface area contributed by atoms with Gasteiger partial charge in [0.25, 0.3) is 0 Å². The van der Waals surface area contributed by atoms with Gasteiger partial charge in [0.1, 0.15) is 5.82 Å². The van der Waals surface area contributed by atoms with Crippen molar-refractivity contribution in [2.24, 2.45) is 0 Å². The molecule has 0 spiro atoms. The van der Waals surface area contributed by atoms with E-state index in [2.05, 4.69) is 26.1 Å². The molecule has 5 nitrogen and oxygen atoms in total. The highest BCUT2D eigenvalue weighted by atomic mass is 79.9. The Morgan fingerprint density at radius 1 is 1.33 bits per heavy atom. The van der Waals surface area contributed by atoms with E-state index in [0.29, 0.717) is 4.47 Å². The Morgan fingerprint density at radius 2 is 2.07 bits per heavy atom. The first kappa shape index (κ1) is 9.91. The fourth-order valence-corrected chi connectivity index (χ4v) is 1.70. The lowest BCUT2D eigenvalue weighted by atomic mass is 10.2. The number of hydrogen-bond acceptors (Lipinski definition) is 4. The lowest BCUT2D eigenvalue weighted by Gasteiger charge is -2.04. The first-order valence-electron chi connectivity index (χ1n) is 4.01. The molecule has 0 amide bonds. The van der Waals surface area contributed by atoms with Gasteiger partial charge in [-0.15, -0.1) is 10.2 Å². The quantitative estimate of drug-likeness (QED) is 0.762. The van der Waals surface area contributed by atoms with Crippen molar-refractivity contribution < 1.29 is 4.39 Å². The normalized spacial score (nSPS) is 10.5. The van der Waals surface area contributed by atoms with Crippen LogP contribution in [-0.2, 0) is 0 Å². The van der Waals surface area contributed by atoms with Gasteiger partial charge in [0, 0.05) is 4.47 Å². The van der Waals surface area contributed by atoms with E-state index in [1.807, 2.05) is 0 Å². The number of halogens is 2. The molecule has 4 N–H and O–H groups in total. The van der Waals surface area contributed by atoms with Crippen LogP contribution in [0.2, 0.25) is 0 Å². The van der Waals surface area contributed by atoms with E-state index in [0.717, 1.165) is 4.68 Å². The second kappa shape index (κ2) is 3.50. The molecule has 0 radical (unpaired) electrons. The van der Waals surface area contributed by atoms with Crippen LogP contribution in [0.4, 0.5) is 10.3 Å². The number of nitrogen functional groups attached to an aromatic ring is 2. The lowest BCUT2D eigenvalue weighted by Crippen LogP contribution is -2.14. The van der Waals surface area contributed by atoms with Gasteiger partial charge in [0.2, 0.25) is 5.95 Å². The smallest absolute Gasteiger partial charge is 0.241 e. The van der Waals surface area contributed by atoms with Crippen LogP contribution in [0, 0.1) is 5.82 Å². The van der Waals surface area contributed by atoms with Crippen molar-refractivity contribution in [2.75, 3.05) is 11.6 Å². The summed E-state index contributed by atoms with van der Waals surface area (Å²) in [5.74, 6) is 5.32.